The van der Waals surface area contributed by atoms with Crippen molar-refractivity contribution in [2.24, 2.45) is 5.41 Å². The topological polar surface area (TPSA) is 89.6 Å². The number of aliphatic hydroxyl groups excluding tert-OH is 1. The van der Waals surface area contributed by atoms with Crippen molar-refractivity contribution in [2.75, 3.05) is 0 Å². The van der Waals surface area contributed by atoms with E-state index < -0.39 is 23.2 Å². The van der Waals surface area contributed by atoms with Crippen molar-refractivity contribution in [3.8, 4) is 22.8 Å². The summed E-state index contributed by atoms with van der Waals surface area (Å²) >= 11 is 0. The van der Waals surface area contributed by atoms with Gasteiger partial charge in [0.2, 0.25) is 0 Å². The number of rotatable bonds is 6. The van der Waals surface area contributed by atoms with E-state index in [4.69, 9.17) is 4.98 Å². The summed E-state index contributed by atoms with van der Waals surface area (Å²) in [4.78, 5) is 9.44. The van der Waals surface area contributed by atoms with Crippen LogP contribution < -0.4 is 0 Å². The summed E-state index contributed by atoms with van der Waals surface area (Å²) in [6.07, 6.45) is 3.52. The van der Waals surface area contributed by atoms with Crippen molar-refractivity contribution in [1.29, 1.82) is 0 Å². The molecule has 0 radical (unpaired) electrons. The molecule has 0 saturated heterocycles. The molecule has 4 aromatic rings. The number of hydrogen-bond acceptors (Lipinski definition) is 6. The third-order valence-electron chi connectivity index (χ3n) is 8.42. The maximum Gasteiger partial charge on any atom is 0.199 e. The lowest BCUT2D eigenvalue weighted by molar-refractivity contribution is 0.145. The zero-order chi connectivity index (χ0) is 25.9. The average molecular weight is 503 g/mol. The molecule has 2 bridgehead atoms. The number of pyridine rings is 1. The maximum atomic E-state index is 14.5. The van der Waals surface area contributed by atoms with E-state index in [2.05, 4.69) is 34.1 Å². The highest BCUT2D eigenvalue weighted by Crippen LogP contribution is 2.69. The Kier molecular flexibility index (Phi) is 5.45. The standard InChI is InChI=1S/C28H28F2N6O/c1-4-16(37)14-36-15-31-26(35-36)21-9-6-10-23(32-21)28-12-11-18(27(28,2)3)17-13-22(33-34-25(17)28)24-19(29)7-5-8-20(24)30/h5-10,13,15-16,18,37H,4,11-12,14H2,1-3H3/t16-,18+,28+/m1/s1. The summed E-state index contributed by atoms with van der Waals surface area (Å²) in [6, 6.07) is 11.5. The zero-order valence-corrected chi connectivity index (χ0v) is 21.0. The number of aliphatic hydroxyl groups is 1. The smallest absolute Gasteiger partial charge is 0.199 e. The minimum absolute atomic E-state index is 0.151. The zero-order valence-electron chi connectivity index (χ0n) is 21.0. The van der Waals surface area contributed by atoms with Crippen molar-refractivity contribution in [3.63, 3.8) is 0 Å². The first-order valence-electron chi connectivity index (χ1n) is 12.6. The fourth-order valence-electron chi connectivity index (χ4n) is 6.40. The van der Waals surface area contributed by atoms with Gasteiger partial charge in [-0.15, -0.1) is 10.2 Å². The molecule has 0 spiro atoms. The molecule has 7 nitrogen and oxygen atoms in total. The predicted molar refractivity (Wildman–Crippen MR) is 133 cm³/mol. The molecule has 2 aliphatic carbocycles. The second-order valence-electron chi connectivity index (χ2n) is 10.6. The molecule has 1 aromatic carbocycles. The summed E-state index contributed by atoms with van der Waals surface area (Å²) in [7, 11) is 0. The molecule has 0 aliphatic heterocycles. The van der Waals surface area contributed by atoms with Gasteiger partial charge in [-0.25, -0.2) is 23.4 Å². The molecule has 3 aromatic heterocycles. The van der Waals surface area contributed by atoms with Gasteiger partial charge in [-0.05, 0) is 66.5 Å². The Hall–Kier alpha value is -3.59. The van der Waals surface area contributed by atoms with Crippen LogP contribution in [0.3, 0.4) is 0 Å². The lowest BCUT2D eigenvalue weighted by Crippen LogP contribution is -2.37. The van der Waals surface area contributed by atoms with Crippen LogP contribution in [0.4, 0.5) is 8.78 Å². The van der Waals surface area contributed by atoms with E-state index in [0.717, 1.165) is 29.8 Å². The third kappa shape index (κ3) is 3.43. The number of fused-ring (bicyclic) bond motifs is 5. The van der Waals surface area contributed by atoms with Crippen LogP contribution >= 0.6 is 0 Å². The third-order valence-corrected chi connectivity index (χ3v) is 8.42. The quantitative estimate of drug-likeness (QED) is 0.397. The fourth-order valence-corrected chi connectivity index (χ4v) is 6.40. The van der Waals surface area contributed by atoms with E-state index in [-0.39, 0.29) is 22.6 Å². The Morgan fingerprint density at radius 1 is 1.08 bits per heavy atom. The van der Waals surface area contributed by atoms with Gasteiger partial charge in [0.1, 0.15) is 23.7 Å². The molecule has 2 aliphatic rings. The average Bonchev–Trinajstić information content (AvgIpc) is 3.51. The minimum Gasteiger partial charge on any atom is -0.391 e. The van der Waals surface area contributed by atoms with Crippen molar-refractivity contribution < 1.29 is 13.9 Å². The van der Waals surface area contributed by atoms with Crippen LogP contribution in [0.2, 0.25) is 0 Å². The molecule has 6 rings (SSSR count). The molecule has 9 heteroatoms. The molecule has 3 heterocycles. The van der Waals surface area contributed by atoms with E-state index >= 15 is 0 Å². The van der Waals surface area contributed by atoms with Crippen molar-refractivity contribution in [2.45, 2.75) is 64.0 Å². The van der Waals surface area contributed by atoms with E-state index in [9.17, 15) is 13.9 Å². The highest BCUT2D eigenvalue weighted by atomic mass is 19.1. The number of benzene rings is 1. The predicted octanol–water partition coefficient (Wildman–Crippen LogP) is 5.05. The van der Waals surface area contributed by atoms with Gasteiger partial charge in [-0.3, -0.25) is 0 Å². The van der Waals surface area contributed by atoms with E-state index in [1.807, 2.05) is 31.2 Å². The number of hydrogen-bond donors (Lipinski definition) is 1. The van der Waals surface area contributed by atoms with Gasteiger partial charge in [0.15, 0.2) is 5.82 Å². The van der Waals surface area contributed by atoms with Gasteiger partial charge in [0.25, 0.3) is 0 Å². The van der Waals surface area contributed by atoms with Crippen molar-refractivity contribution in [3.05, 3.63) is 77.4 Å². The monoisotopic (exact) mass is 502 g/mol. The van der Waals surface area contributed by atoms with Gasteiger partial charge in [0.05, 0.1) is 40.7 Å². The van der Waals surface area contributed by atoms with Crippen molar-refractivity contribution in [1.82, 2.24) is 29.9 Å². The first kappa shape index (κ1) is 23.8. The van der Waals surface area contributed by atoms with Gasteiger partial charge in [-0.1, -0.05) is 32.9 Å². The second kappa shape index (κ2) is 8.48. The number of nitrogens with zero attached hydrogens (tertiary/aromatic N) is 6. The fraction of sp³-hybridized carbons (Fsp3) is 0.393. The molecule has 0 amide bonds. The summed E-state index contributed by atoms with van der Waals surface area (Å²) in [5.41, 5.74) is 2.63. The van der Waals surface area contributed by atoms with Crippen LogP contribution in [0.25, 0.3) is 22.8 Å². The van der Waals surface area contributed by atoms with E-state index in [1.54, 1.807) is 11.0 Å². The second-order valence-corrected chi connectivity index (χ2v) is 10.6. The Morgan fingerprint density at radius 2 is 1.84 bits per heavy atom. The van der Waals surface area contributed by atoms with Crippen LogP contribution in [-0.2, 0) is 12.0 Å². The largest absolute Gasteiger partial charge is 0.391 e. The van der Waals surface area contributed by atoms with Crippen molar-refractivity contribution >= 4 is 0 Å². The van der Waals surface area contributed by atoms with Crippen LogP contribution in [0.1, 0.15) is 62.9 Å². The maximum absolute atomic E-state index is 14.5. The number of halogens is 2. The number of aromatic nitrogens is 6. The molecular weight excluding hydrogens is 474 g/mol. The normalized spacial score (nSPS) is 22.3. The summed E-state index contributed by atoms with van der Waals surface area (Å²) in [5, 5.41) is 23.4. The van der Waals surface area contributed by atoms with Gasteiger partial charge in [0, 0.05) is 0 Å². The molecule has 1 saturated carbocycles. The molecule has 0 unspecified atom stereocenters. The molecule has 190 valence electrons. The molecule has 37 heavy (non-hydrogen) atoms. The lowest BCUT2D eigenvalue weighted by Gasteiger charge is -2.37. The van der Waals surface area contributed by atoms with Crippen LogP contribution in [-0.4, -0.2) is 41.2 Å². The van der Waals surface area contributed by atoms with Gasteiger partial charge >= 0.3 is 0 Å². The van der Waals surface area contributed by atoms with E-state index in [0.29, 0.717) is 24.5 Å². The van der Waals surface area contributed by atoms with Crippen LogP contribution in [0.5, 0.6) is 0 Å². The van der Waals surface area contributed by atoms with Gasteiger partial charge in [-0.2, -0.15) is 5.10 Å². The minimum atomic E-state index is -0.654. The Morgan fingerprint density at radius 3 is 2.59 bits per heavy atom. The summed E-state index contributed by atoms with van der Waals surface area (Å²) < 4.78 is 30.7. The lowest BCUT2D eigenvalue weighted by atomic mass is 9.66. The van der Waals surface area contributed by atoms with E-state index in [1.165, 1.54) is 18.2 Å². The SMILES string of the molecule is CC[C@@H](O)Cn1cnc(-c2cccc([C@@]34CC[C@@H](c5cc(-c6c(F)cccc6F)nnc53)C4(C)C)n2)n1. The molecule has 1 N–H and O–H groups in total. The Bertz CT molecular complexity index is 1480. The van der Waals surface area contributed by atoms with Gasteiger partial charge < -0.3 is 5.11 Å². The highest BCUT2D eigenvalue weighted by molar-refractivity contribution is 5.64. The first-order chi connectivity index (χ1) is 17.8. The Balaban J connectivity index is 1.43. The Labute approximate surface area is 213 Å². The summed E-state index contributed by atoms with van der Waals surface area (Å²) in [5.74, 6) is -0.660. The summed E-state index contributed by atoms with van der Waals surface area (Å²) in [6.45, 7) is 6.71. The molecule has 1 fully saturated rings. The molecule has 3 atom stereocenters. The molecular formula is C28H28F2N6O. The first-order valence-corrected chi connectivity index (χ1v) is 12.6. The van der Waals surface area contributed by atoms with Crippen LogP contribution in [0.15, 0.2) is 48.8 Å². The highest BCUT2D eigenvalue weighted by Gasteiger charge is 2.65. The van der Waals surface area contributed by atoms with Crippen LogP contribution in [0, 0.1) is 17.0 Å².